The molecule has 1 fully saturated rings. The van der Waals surface area contributed by atoms with Crippen LogP contribution in [0.1, 0.15) is 12.0 Å². The molecular weight excluding hydrogens is 378 g/mol. The zero-order valence-electron chi connectivity index (χ0n) is 15.5. The number of fused-ring (bicyclic) bond motifs is 1. The molecule has 3 aromatic rings. The van der Waals surface area contributed by atoms with Gasteiger partial charge in [0.05, 0.1) is 36.3 Å². The molecular formula is C21H24ClN3O3. The Morgan fingerprint density at radius 3 is 2.50 bits per heavy atom. The van der Waals surface area contributed by atoms with Crippen molar-refractivity contribution in [1.29, 1.82) is 0 Å². The molecule has 0 aliphatic carbocycles. The Hall–Kier alpha value is -2.12. The van der Waals surface area contributed by atoms with Gasteiger partial charge in [-0.2, -0.15) is 0 Å². The summed E-state index contributed by atoms with van der Waals surface area (Å²) in [6, 6.07) is 15.8. The number of aliphatic hydroxyl groups excluding tert-OH is 2. The van der Waals surface area contributed by atoms with Gasteiger partial charge in [-0.1, -0.05) is 35.9 Å². The predicted molar refractivity (Wildman–Crippen MR) is 109 cm³/mol. The largest absolute Gasteiger partial charge is 0.476 e. The molecule has 6 nitrogen and oxygen atoms in total. The first kappa shape index (κ1) is 19.2. The first-order valence-electron chi connectivity index (χ1n) is 9.51. The maximum absolute atomic E-state index is 9.62. The number of para-hydroxylation sites is 1. The van der Waals surface area contributed by atoms with Gasteiger partial charge in [0, 0.05) is 24.7 Å². The number of likely N-dealkylation sites (tertiary alicyclic amines) is 1. The minimum absolute atomic E-state index is 0.514. The summed E-state index contributed by atoms with van der Waals surface area (Å²) in [4.78, 5) is 2.05. The highest BCUT2D eigenvalue weighted by Crippen LogP contribution is 2.26. The topological polar surface area (TPSA) is 70.8 Å². The molecule has 0 amide bonds. The lowest BCUT2D eigenvalue weighted by Crippen LogP contribution is -2.24. The van der Waals surface area contributed by atoms with Crippen LogP contribution in [0.4, 0.5) is 0 Å². The average molecular weight is 402 g/mol. The summed E-state index contributed by atoms with van der Waals surface area (Å²) in [5, 5.41) is 25.6. The first-order chi connectivity index (χ1) is 13.6. The van der Waals surface area contributed by atoms with Gasteiger partial charge in [-0.25, -0.2) is 0 Å². The van der Waals surface area contributed by atoms with Crippen LogP contribution >= 0.6 is 11.6 Å². The Balaban J connectivity index is 1.40. The van der Waals surface area contributed by atoms with Crippen LogP contribution in [0.25, 0.3) is 10.9 Å². The van der Waals surface area contributed by atoms with E-state index >= 15 is 0 Å². The second-order valence-corrected chi connectivity index (χ2v) is 7.64. The van der Waals surface area contributed by atoms with Gasteiger partial charge >= 0.3 is 0 Å². The summed E-state index contributed by atoms with van der Waals surface area (Å²) in [7, 11) is 0. The molecule has 28 heavy (non-hydrogen) atoms. The van der Waals surface area contributed by atoms with Gasteiger partial charge in [0.1, 0.15) is 0 Å². The molecule has 0 spiro atoms. The third kappa shape index (κ3) is 4.31. The Morgan fingerprint density at radius 2 is 1.75 bits per heavy atom. The SMILES string of the molecule is OC1CN(CCCOc2nn(Cc3ccc(Cl)cc3)c3ccccc23)CC1O. The van der Waals surface area contributed by atoms with E-state index in [1.165, 1.54) is 0 Å². The Kier molecular flexibility index (Phi) is 5.82. The van der Waals surface area contributed by atoms with Gasteiger partial charge in [-0.15, -0.1) is 5.10 Å². The number of hydrogen-bond acceptors (Lipinski definition) is 5. The lowest BCUT2D eigenvalue weighted by Gasteiger charge is -2.14. The highest BCUT2D eigenvalue weighted by molar-refractivity contribution is 6.30. The number of rotatable bonds is 7. The minimum atomic E-state index is -0.645. The van der Waals surface area contributed by atoms with Crippen LogP contribution in [0.15, 0.2) is 48.5 Å². The van der Waals surface area contributed by atoms with E-state index in [0.29, 0.717) is 32.1 Å². The van der Waals surface area contributed by atoms with Crippen LogP contribution in [-0.2, 0) is 6.54 Å². The van der Waals surface area contributed by atoms with Gasteiger partial charge < -0.3 is 14.9 Å². The Labute approximate surface area is 168 Å². The third-order valence-electron chi connectivity index (χ3n) is 5.06. The molecule has 1 saturated heterocycles. The van der Waals surface area contributed by atoms with Gasteiger partial charge in [0.2, 0.25) is 5.88 Å². The van der Waals surface area contributed by atoms with Crippen molar-refractivity contribution in [2.75, 3.05) is 26.2 Å². The minimum Gasteiger partial charge on any atom is -0.476 e. The highest BCUT2D eigenvalue weighted by atomic mass is 35.5. The van der Waals surface area contributed by atoms with E-state index in [1.807, 2.05) is 53.2 Å². The number of aromatic nitrogens is 2. The van der Waals surface area contributed by atoms with Gasteiger partial charge in [0.15, 0.2) is 0 Å². The monoisotopic (exact) mass is 401 g/mol. The zero-order valence-corrected chi connectivity index (χ0v) is 16.3. The number of nitrogens with zero attached hydrogens (tertiary/aromatic N) is 3. The maximum Gasteiger partial charge on any atom is 0.240 e. The quantitative estimate of drug-likeness (QED) is 0.595. The standard InChI is InChI=1S/C21H24ClN3O3/c22-16-8-6-15(7-9-16)12-25-18-5-2-1-4-17(18)21(23-25)28-11-3-10-24-13-19(26)20(27)14-24/h1-2,4-9,19-20,26-27H,3,10-14H2. The van der Waals surface area contributed by atoms with Crippen LogP contribution in [0.2, 0.25) is 5.02 Å². The van der Waals surface area contributed by atoms with Crippen molar-refractivity contribution in [2.24, 2.45) is 0 Å². The lowest BCUT2D eigenvalue weighted by atomic mass is 10.2. The fourth-order valence-corrected chi connectivity index (χ4v) is 3.70. The number of benzene rings is 2. The van der Waals surface area contributed by atoms with E-state index in [-0.39, 0.29) is 0 Å². The van der Waals surface area contributed by atoms with E-state index in [9.17, 15) is 10.2 Å². The molecule has 1 aromatic heterocycles. The molecule has 0 bridgehead atoms. The Bertz CT molecular complexity index is 918. The normalized spacial score (nSPS) is 20.1. The van der Waals surface area contributed by atoms with Crippen LogP contribution in [-0.4, -0.2) is 63.3 Å². The van der Waals surface area contributed by atoms with E-state index < -0.39 is 12.2 Å². The first-order valence-corrected chi connectivity index (χ1v) is 9.89. The molecule has 1 aliphatic rings. The summed E-state index contributed by atoms with van der Waals surface area (Å²) in [6.07, 6.45) is -0.487. The fraction of sp³-hybridized carbons (Fsp3) is 0.381. The van der Waals surface area contributed by atoms with E-state index in [2.05, 4.69) is 10.00 Å². The number of β-amino-alcohol motifs (C(OH)–C–C–N with tert-alkyl or cyclic N) is 2. The van der Waals surface area contributed by atoms with Crippen LogP contribution in [0.5, 0.6) is 5.88 Å². The number of halogens is 1. The fourth-order valence-electron chi connectivity index (χ4n) is 3.57. The predicted octanol–water partition coefficient (Wildman–Crippen LogP) is 2.54. The van der Waals surface area contributed by atoms with Crippen LogP contribution < -0.4 is 4.74 Å². The molecule has 0 saturated carbocycles. The smallest absolute Gasteiger partial charge is 0.240 e. The summed E-state index contributed by atoms with van der Waals surface area (Å²) in [5.41, 5.74) is 2.15. The highest BCUT2D eigenvalue weighted by Gasteiger charge is 2.28. The molecule has 4 rings (SSSR count). The number of hydrogen-bond donors (Lipinski definition) is 2. The molecule has 7 heteroatoms. The second-order valence-electron chi connectivity index (χ2n) is 7.20. The summed E-state index contributed by atoms with van der Waals surface area (Å²) in [6.45, 7) is 2.98. The maximum atomic E-state index is 9.62. The summed E-state index contributed by atoms with van der Waals surface area (Å²) < 4.78 is 7.91. The van der Waals surface area contributed by atoms with Gasteiger partial charge in [-0.3, -0.25) is 9.58 Å². The van der Waals surface area contributed by atoms with Crippen molar-refractivity contribution >= 4 is 22.5 Å². The van der Waals surface area contributed by atoms with Crippen LogP contribution in [0, 0.1) is 0 Å². The van der Waals surface area contributed by atoms with Crippen molar-refractivity contribution in [2.45, 2.75) is 25.2 Å². The van der Waals surface area contributed by atoms with Crippen molar-refractivity contribution in [3.63, 3.8) is 0 Å². The van der Waals surface area contributed by atoms with Crippen LogP contribution in [0.3, 0.4) is 0 Å². The zero-order chi connectivity index (χ0) is 19.5. The van der Waals surface area contributed by atoms with Gasteiger partial charge in [0.25, 0.3) is 0 Å². The van der Waals surface area contributed by atoms with E-state index in [1.54, 1.807) is 0 Å². The van der Waals surface area contributed by atoms with Crippen molar-refractivity contribution in [1.82, 2.24) is 14.7 Å². The average Bonchev–Trinajstić information content (AvgIpc) is 3.21. The Morgan fingerprint density at radius 1 is 1.04 bits per heavy atom. The third-order valence-corrected chi connectivity index (χ3v) is 5.31. The molecule has 148 valence electrons. The molecule has 2 heterocycles. The van der Waals surface area contributed by atoms with Crippen molar-refractivity contribution < 1.29 is 14.9 Å². The molecule has 0 radical (unpaired) electrons. The molecule has 2 unspecified atom stereocenters. The van der Waals surface area contributed by atoms with Crippen molar-refractivity contribution in [3.05, 3.63) is 59.1 Å². The van der Waals surface area contributed by atoms with Gasteiger partial charge in [-0.05, 0) is 36.2 Å². The van der Waals surface area contributed by atoms with E-state index in [0.717, 1.165) is 34.5 Å². The molecule has 2 N–H and O–H groups in total. The lowest BCUT2D eigenvalue weighted by molar-refractivity contribution is 0.0572. The molecule has 2 aromatic carbocycles. The number of aliphatic hydroxyl groups is 2. The summed E-state index contributed by atoms with van der Waals surface area (Å²) in [5.74, 6) is 0.631. The summed E-state index contributed by atoms with van der Waals surface area (Å²) >= 11 is 5.97. The molecule has 1 aliphatic heterocycles. The second kappa shape index (κ2) is 8.49. The van der Waals surface area contributed by atoms with Crippen molar-refractivity contribution in [3.8, 4) is 5.88 Å². The number of ether oxygens (including phenoxy) is 1. The van der Waals surface area contributed by atoms with E-state index in [4.69, 9.17) is 16.3 Å². The molecule has 2 atom stereocenters.